The predicted molar refractivity (Wildman–Crippen MR) is 60.5 cm³/mol. The van der Waals surface area contributed by atoms with Crippen LogP contribution in [0.4, 0.5) is 0 Å². The van der Waals surface area contributed by atoms with Gasteiger partial charge in [-0.15, -0.1) is 0 Å². The van der Waals surface area contributed by atoms with Gasteiger partial charge >= 0.3 is 5.97 Å². The molecule has 0 unspecified atom stereocenters. The van der Waals surface area contributed by atoms with E-state index >= 15 is 0 Å². The van der Waals surface area contributed by atoms with E-state index in [4.69, 9.17) is 4.74 Å². The quantitative estimate of drug-likeness (QED) is 0.734. The molecule has 0 amide bonds. The van der Waals surface area contributed by atoms with Crippen molar-refractivity contribution in [2.75, 3.05) is 6.61 Å². The van der Waals surface area contributed by atoms with Crippen molar-refractivity contribution < 1.29 is 14.6 Å². The van der Waals surface area contributed by atoms with Crippen LogP contribution in [-0.2, 0) is 9.53 Å². The summed E-state index contributed by atoms with van der Waals surface area (Å²) in [6.45, 7) is 11.8. The van der Waals surface area contributed by atoms with E-state index in [-0.39, 0.29) is 23.4 Å². The lowest BCUT2D eigenvalue weighted by Crippen LogP contribution is -2.37. The van der Waals surface area contributed by atoms with Gasteiger partial charge in [0.2, 0.25) is 0 Å². The first-order valence-electron chi connectivity index (χ1n) is 5.36. The van der Waals surface area contributed by atoms with Crippen molar-refractivity contribution in [1.29, 1.82) is 0 Å². The first kappa shape index (κ1) is 14.4. The minimum absolute atomic E-state index is 0.0818. The second-order valence-electron chi connectivity index (χ2n) is 6.04. The summed E-state index contributed by atoms with van der Waals surface area (Å²) in [4.78, 5) is 10.6. The minimum Gasteiger partial charge on any atom is -0.463 e. The van der Waals surface area contributed by atoms with Crippen LogP contribution in [0.15, 0.2) is 0 Å². The third-order valence-corrected chi connectivity index (χ3v) is 2.33. The zero-order chi connectivity index (χ0) is 12.3. The van der Waals surface area contributed by atoms with E-state index in [1.807, 2.05) is 13.8 Å². The third kappa shape index (κ3) is 6.50. The number of aliphatic hydroxyl groups is 1. The van der Waals surface area contributed by atoms with E-state index < -0.39 is 6.10 Å². The topological polar surface area (TPSA) is 46.5 Å². The van der Waals surface area contributed by atoms with Crippen LogP contribution < -0.4 is 0 Å². The van der Waals surface area contributed by atoms with Crippen molar-refractivity contribution in [1.82, 2.24) is 0 Å². The molecule has 0 heterocycles. The second kappa shape index (κ2) is 4.97. The van der Waals surface area contributed by atoms with Crippen molar-refractivity contribution >= 4 is 5.97 Å². The van der Waals surface area contributed by atoms with Crippen molar-refractivity contribution in [2.24, 2.45) is 10.8 Å². The molecule has 0 bridgehead atoms. The first-order valence-corrected chi connectivity index (χ1v) is 5.36. The van der Waals surface area contributed by atoms with Gasteiger partial charge in [-0.05, 0) is 17.3 Å². The molecule has 0 radical (unpaired) electrons. The van der Waals surface area contributed by atoms with Crippen LogP contribution in [0.25, 0.3) is 0 Å². The molecule has 3 heteroatoms. The highest BCUT2D eigenvalue weighted by molar-refractivity contribution is 5.65. The maximum atomic E-state index is 10.6. The van der Waals surface area contributed by atoms with Crippen LogP contribution in [-0.4, -0.2) is 23.8 Å². The maximum Gasteiger partial charge on any atom is 0.302 e. The van der Waals surface area contributed by atoms with Crippen molar-refractivity contribution in [3.63, 3.8) is 0 Å². The number of hydrogen-bond donors (Lipinski definition) is 1. The SMILES string of the molecule is CC(=O)OC[C@@H](O)C(C)(C)CC(C)(C)C. The summed E-state index contributed by atoms with van der Waals surface area (Å²) in [5.74, 6) is -0.347. The van der Waals surface area contributed by atoms with Crippen LogP contribution in [0.2, 0.25) is 0 Å². The molecule has 1 atom stereocenters. The Morgan fingerprint density at radius 1 is 1.27 bits per heavy atom. The standard InChI is InChI=1S/C12H24O3/c1-9(13)15-7-10(14)12(5,6)8-11(2,3)4/h10,14H,7-8H2,1-6H3/t10-/m1/s1. The molecular formula is C12H24O3. The minimum atomic E-state index is -0.611. The number of hydrogen-bond acceptors (Lipinski definition) is 3. The van der Waals surface area contributed by atoms with Gasteiger partial charge in [-0.1, -0.05) is 34.6 Å². The highest BCUT2D eigenvalue weighted by Gasteiger charge is 2.32. The van der Waals surface area contributed by atoms with Crippen LogP contribution in [0, 0.1) is 10.8 Å². The van der Waals surface area contributed by atoms with Crippen LogP contribution in [0.3, 0.4) is 0 Å². The van der Waals surface area contributed by atoms with Crippen LogP contribution >= 0.6 is 0 Å². The number of rotatable bonds is 4. The van der Waals surface area contributed by atoms with Gasteiger partial charge in [0.15, 0.2) is 0 Å². The zero-order valence-electron chi connectivity index (χ0n) is 10.8. The fraction of sp³-hybridized carbons (Fsp3) is 0.917. The summed E-state index contributed by atoms with van der Waals surface area (Å²) in [7, 11) is 0. The average Bonchev–Trinajstić information content (AvgIpc) is 1.94. The Balaban J connectivity index is 4.25. The highest BCUT2D eigenvalue weighted by atomic mass is 16.5. The molecule has 90 valence electrons. The molecule has 0 aliphatic heterocycles. The Kier molecular flexibility index (Phi) is 4.78. The van der Waals surface area contributed by atoms with Gasteiger partial charge in [-0.3, -0.25) is 4.79 Å². The Hall–Kier alpha value is -0.570. The van der Waals surface area contributed by atoms with Gasteiger partial charge in [0.1, 0.15) is 6.61 Å². The van der Waals surface area contributed by atoms with Gasteiger partial charge < -0.3 is 9.84 Å². The lowest BCUT2D eigenvalue weighted by Gasteiger charge is -2.36. The van der Waals surface area contributed by atoms with Gasteiger partial charge in [-0.25, -0.2) is 0 Å². The Morgan fingerprint density at radius 2 is 1.73 bits per heavy atom. The Morgan fingerprint density at radius 3 is 2.07 bits per heavy atom. The molecule has 0 rings (SSSR count). The summed E-state index contributed by atoms with van der Waals surface area (Å²) in [6.07, 6.45) is 0.267. The average molecular weight is 216 g/mol. The van der Waals surface area contributed by atoms with Gasteiger partial charge in [0.05, 0.1) is 6.10 Å². The third-order valence-electron chi connectivity index (χ3n) is 2.33. The normalized spacial score (nSPS) is 14.9. The summed E-state index contributed by atoms with van der Waals surface area (Å²) >= 11 is 0. The van der Waals surface area contributed by atoms with E-state index in [0.29, 0.717) is 0 Å². The lowest BCUT2D eigenvalue weighted by molar-refractivity contribution is -0.146. The van der Waals surface area contributed by atoms with Gasteiger partial charge in [-0.2, -0.15) is 0 Å². The molecule has 0 fully saturated rings. The fourth-order valence-corrected chi connectivity index (χ4v) is 1.91. The van der Waals surface area contributed by atoms with Crippen molar-refractivity contribution in [3.8, 4) is 0 Å². The van der Waals surface area contributed by atoms with Gasteiger partial charge in [0.25, 0.3) is 0 Å². The monoisotopic (exact) mass is 216 g/mol. The molecular weight excluding hydrogens is 192 g/mol. The molecule has 15 heavy (non-hydrogen) atoms. The largest absolute Gasteiger partial charge is 0.463 e. The zero-order valence-corrected chi connectivity index (χ0v) is 10.8. The van der Waals surface area contributed by atoms with E-state index in [9.17, 15) is 9.90 Å². The molecule has 0 aliphatic rings. The van der Waals surface area contributed by atoms with Crippen molar-refractivity contribution in [2.45, 2.75) is 54.1 Å². The van der Waals surface area contributed by atoms with Gasteiger partial charge in [0, 0.05) is 6.92 Å². The lowest BCUT2D eigenvalue weighted by atomic mass is 9.73. The molecule has 1 N–H and O–H groups in total. The highest BCUT2D eigenvalue weighted by Crippen LogP contribution is 2.35. The predicted octanol–water partition coefficient (Wildman–Crippen LogP) is 2.37. The molecule has 3 nitrogen and oxygen atoms in total. The number of carbonyl (C=O) groups is 1. The fourth-order valence-electron chi connectivity index (χ4n) is 1.91. The smallest absolute Gasteiger partial charge is 0.302 e. The summed E-state index contributed by atoms with van der Waals surface area (Å²) < 4.78 is 4.82. The second-order valence-corrected chi connectivity index (χ2v) is 6.04. The number of esters is 1. The Bertz CT molecular complexity index is 213. The summed E-state index contributed by atoms with van der Waals surface area (Å²) in [5, 5.41) is 9.91. The van der Waals surface area contributed by atoms with Crippen LogP contribution in [0.5, 0.6) is 0 Å². The maximum absolute atomic E-state index is 10.6. The number of carbonyl (C=O) groups excluding carboxylic acids is 1. The molecule has 0 aliphatic carbocycles. The van der Waals surface area contributed by atoms with E-state index in [2.05, 4.69) is 20.8 Å². The van der Waals surface area contributed by atoms with Crippen LogP contribution in [0.1, 0.15) is 48.0 Å². The van der Waals surface area contributed by atoms with Crippen molar-refractivity contribution in [3.05, 3.63) is 0 Å². The molecule has 0 aromatic carbocycles. The van der Waals surface area contributed by atoms with E-state index in [1.54, 1.807) is 0 Å². The number of aliphatic hydroxyl groups excluding tert-OH is 1. The first-order chi connectivity index (χ1) is 6.54. The number of ether oxygens (including phenoxy) is 1. The molecule has 0 aromatic rings. The molecule has 0 saturated carbocycles. The molecule has 0 spiro atoms. The summed E-state index contributed by atoms with van der Waals surface area (Å²) in [6, 6.07) is 0. The van der Waals surface area contributed by atoms with E-state index in [1.165, 1.54) is 6.92 Å². The Labute approximate surface area is 92.8 Å². The molecule has 0 saturated heterocycles. The molecule has 0 aromatic heterocycles. The summed E-state index contributed by atoms with van der Waals surface area (Å²) in [5.41, 5.74) is -0.0889. The van der Waals surface area contributed by atoms with E-state index in [0.717, 1.165) is 6.42 Å².